The summed E-state index contributed by atoms with van der Waals surface area (Å²) >= 11 is 0. The predicted molar refractivity (Wildman–Crippen MR) is 73.2 cm³/mol. The first-order valence-electron chi connectivity index (χ1n) is 7.01. The van der Waals surface area contributed by atoms with E-state index in [2.05, 4.69) is 5.32 Å². The number of amides is 2. The Bertz CT molecular complexity index is 499. The number of hydrogen-bond donors (Lipinski definition) is 1. The number of nitrogens with zero attached hydrogens (tertiary/aromatic N) is 1. The lowest BCUT2D eigenvalue weighted by molar-refractivity contribution is -0.146. The predicted octanol–water partition coefficient (Wildman–Crippen LogP) is 0.802. The lowest BCUT2D eigenvalue weighted by Gasteiger charge is -2.35. The first-order chi connectivity index (χ1) is 9.75. The lowest BCUT2D eigenvalue weighted by atomic mass is 10.1. The molecule has 1 aromatic carbocycles. The van der Waals surface area contributed by atoms with Gasteiger partial charge in [-0.2, -0.15) is 0 Å². The number of rotatable bonds is 5. The first kappa shape index (κ1) is 13.0. The van der Waals surface area contributed by atoms with Gasteiger partial charge in [0.25, 0.3) is 0 Å². The molecule has 1 saturated heterocycles. The molecular weight excluding hydrogens is 256 g/mol. The fraction of sp³-hybridized carbons (Fsp3) is 0.467. The monoisotopic (exact) mass is 274 g/mol. The van der Waals surface area contributed by atoms with Crippen LogP contribution >= 0.6 is 0 Å². The van der Waals surface area contributed by atoms with E-state index in [0.717, 1.165) is 18.6 Å². The van der Waals surface area contributed by atoms with Crippen molar-refractivity contribution in [3.8, 4) is 5.75 Å². The molecule has 2 aliphatic rings. The first-order valence-corrected chi connectivity index (χ1v) is 7.01. The van der Waals surface area contributed by atoms with Crippen molar-refractivity contribution in [2.75, 3.05) is 19.7 Å². The number of nitrogens with one attached hydrogen (secondary N) is 1. The van der Waals surface area contributed by atoms with Gasteiger partial charge in [0.05, 0.1) is 13.1 Å². The topological polar surface area (TPSA) is 58.6 Å². The molecule has 0 spiro atoms. The summed E-state index contributed by atoms with van der Waals surface area (Å²) in [7, 11) is 0. The zero-order chi connectivity index (χ0) is 13.9. The summed E-state index contributed by atoms with van der Waals surface area (Å²) in [6, 6.07) is 9.19. The molecule has 0 bridgehead atoms. The molecule has 106 valence electrons. The highest BCUT2D eigenvalue weighted by Gasteiger charge is 2.44. The van der Waals surface area contributed by atoms with Crippen LogP contribution in [-0.2, 0) is 9.59 Å². The molecule has 2 amide bonds. The second-order valence-corrected chi connectivity index (χ2v) is 5.25. The van der Waals surface area contributed by atoms with Crippen LogP contribution in [0.2, 0.25) is 0 Å². The van der Waals surface area contributed by atoms with Crippen molar-refractivity contribution in [3.63, 3.8) is 0 Å². The van der Waals surface area contributed by atoms with Crippen LogP contribution in [0.4, 0.5) is 0 Å². The van der Waals surface area contributed by atoms with Crippen LogP contribution in [0.25, 0.3) is 0 Å². The molecule has 5 heteroatoms. The fourth-order valence-electron chi connectivity index (χ4n) is 2.59. The van der Waals surface area contributed by atoms with Gasteiger partial charge < -0.3 is 15.0 Å². The van der Waals surface area contributed by atoms with Crippen LogP contribution in [0.3, 0.4) is 0 Å². The minimum atomic E-state index is -0.296. The molecule has 1 aliphatic carbocycles. The summed E-state index contributed by atoms with van der Waals surface area (Å²) < 4.78 is 5.62. The van der Waals surface area contributed by atoms with E-state index in [1.807, 2.05) is 30.3 Å². The molecule has 1 atom stereocenters. The molecular formula is C15H18N2O3. The normalized spacial score (nSPS) is 22.6. The van der Waals surface area contributed by atoms with Crippen molar-refractivity contribution < 1.29 is 14.3 Å². The second kappa shape index (κ2) is 5.53. The molecule has 1 aliphatic heterocycles. The summed E-state index contributed by atoms with van der Waals surface area (Å²) in [5.74, 6) is 1.07. The average molecular weight is 274 g/mol. The van der Waals surface area contributed by atoms with E-state index in [-0.39, 0.29) is 24.4 Å². The third-order valence-corrected chi connectivity index (χ3v) is 3.75. The maximum absolute atomic E-state index is 12.0. The molecule has 1 heterocycles. The van der Waals surface area contributed by atoms with E-state index in [4.69, 9.17) is 4.74 Å². The minimum absolute atomic E-state index is 0.0156. The number of carbonyl (C=O) groups excluding carboxylic acids is 2. The molecule has 1 saturated carbocycles. The Labute approximate surface area is 117 Å². The Balaban J connectivity index is 1.59. The maximum atomic E-state index is 12.0. The standard InChI is InChI=1S/C15H18N2O3/c18-13-10-16-15(19)14(11-6-7-11)17(13)8-9-20-12-4-2-1-3-5-12/h1-5,11,14H,6-10H2,(H,16,19). The van der Waals surface area contributed by atoms with Gasteiger partial charge in [0, 0.05) is 0 Å². The second-order valence-electron chi connectivity index (χ2n) is 5.25. The van der Waals surface area contributed by atoms with Gasteiger partial charge in [-0.1, -0.05) is 18.2 Å². The van der Waals surface area contributed by atoms with E-state index in [9.17, 15) is 9.59 Å². The Hall–Kier alpha value is -2.04. The van der Waals surface area contributed by atoms with Crippen LogP contribution in [-0.4, -0.2) is 42.5 Å². The van der Waals surface area contributed by atoms with Gasteiger partial charge in [0.15, 0.2) is 0 Å². The van der Waals surface area contributed by atoms with Crippen LogP contribution in [0.5, 0.6) is 5.75 Å². The van der Waals surface area contributed by atoms with Crippen molar-refractivity contribution in [2.45, 2.75) is 18.9 Å². The van der Waals surface area contributed by atoms with E-state index in [1.165, 1.54) is 0 Å². The van der Waals surface area contributed by atoms with Gasteiger partial charge in [-0.3, -0.25) is 9.59 Å². The summed E-state index contributed by atoms with van der Waals surface area (Å²) in [6.07, 6.45) is 2.06. The van der Waals surface area contributed by atoms with E-state index >= 15 is 0 Å². The van der Waals surface area contributed by atoms with Gasteiger partial charge in [0.2, 0.25) is 11.8 Å². The largest absolute Gasteiger partial charge is 0.492 e. The molecule has 0 aromatic heterocycles. The Morgan fingerprint density at radius 3 is 2.65 bits per heavy atom. The number of benzene rings is 1. The maximum Gasteiger partial charge on any atom is 0.243 e. The van der Waals surface area contributed by atoms with Crippen LogP contribution in [0, 0.1) is 5.92 Å². The molecule has 0 radical (unpaired) electrons. The van der Waals surface area contributed by atoms with Crippen molar-refractivity contribution in [3.05, 3.63) is 30.3 Å². The van der Waals surface area contributed by atoms with Crippen LogP contribution in [0.1, 0.15) is 12.8 Å². The highest BCUT2D eigenvalue weighted by Crippen LogP contribution is 2.36. The minimum Gasteiger partial charge on any atom is -0.492 e. The number of piperazine rings is 1. The zero-order valence-electron chi connectivity index (χ0n) is 11.2. The molecule has 1 aromatic rings. The van der Waals surface area contributed by atoms with Gasteiger partial charge in [-0.05, 0) is 30.9 Å². The average Bonchev–Trinajstić information content (AvgIpc) is 3.28. The SMILES string of the molecule is O=C1NCC(=O)N(CCOc2ccccc2)C1C1CC1. The van der Waals surface area contributed by atoms with Crippen molar-refractivity contribution >= 4 is 11.8 Å². The van der Waals surface area contributed by atoms with Crippen molar-refractivity contribution in [1.82, 2.24) is 10.2 Å². The summed E-state index contributed by atoms with van der Waals surface area (Å²) in [5.41, 5.74) is 0. The van der Waals surface area contributed by atoms with Crippen LogP contribution in [0.15, 0.2) is 30.3 Å². The number of carbonyl (C=O) groups is 2. The zero-order valence-corrected chi connectivity index (χ0v) is 11.2. The van der Waals surface area contributed by atoms with Crippen molar-refractivity contribution in [2.24, 2.45) is 5.92 Å². The third-order valence-electron chi connectivity index (χ3n) is 3.75. The highest BCUT2D eigenvalue weighted by atomic mass is 16.5. The van der Waals surface area contributed by atoms with Gasteiger partial charge in [-0.25, -0.2) is 0 Å². The smallest absolute Gasteiger partial charge is 0.243 e. The Morgan fingerprint density at radius 2 is 1.95 bits per heavy atom. The quantitative estimate of drug-likeness (QED) is 0.864. The number of para-hydroxylation sites is 1. The van der Waals surface area contributed by atoms with Crippen LogP contribution < -0.4 is 10.1 Å². The molecule has 2 fully saturated rings. The van der Waals surface area contributed by atoms with Gasteiger partial charge in [0.1, 0.15) is 18.4 Å². The van der Waals surface area contributed by atoms with E-state index in [0.29, 0.717) is 19.1 Å². The van der Waals surface area contributed by atoms with Crippen molar-refractivity contribution in [1.29, 1.82) is 0 Å². The van der Waals surface area contributed by atoms with E-state index in [1.54, 1.807) is 4.90 Å². The summed E-state index contributed by atoms with van der Waals surface area (Å²) in [4.78, 5) is 25.6. The number of hydrogen-bond acceptors (Lipinski definition) is 3. The third kappa shape index (κ3) is 2.76. The lowest BCUT2D eigenvalue weighted by Crippen LogP contribution is -2.60. The molecule has 20 heavy (non-hydrogen) atoms. The van der Waals surface area contributed by atoms with E-state index < -0.39 is 0 Å². The summed E-state index contributed by atoms with van der Waals surface area (Å²) in [6.45, 7) is 0.974. The molecule has 1 N–H and O–H groups in total. The number of ether oxygens (including phenoxy) is 1. The molecule has 5 nitrogen and oxygen atoms in total. The fourth-order valence-corrected chi connectivity index (χ4v) is 2.59. The van der Waals surface area contributed by atoms with Gasteiger partial charge in [-0.15, -0.1) is 0 Å². The molecule has 1 unspecified atom stereocenters. The Kier molecular flexibility index (Phi) is 3.58. The van der Waals surface area contributed by atoms with Gasteiger partial charge >= 0.3 is 0 Å². The highest BCUT2D eigenvalue weighted by molar-refractivity contribution is 5.95. The summed E-state index contributed by atoms with van der Waals surface area (Å²) in [5, 5.41) is 2.67. The molecule has 3 rings (SSSR count). The Morgan fingerprint density at radius 1 is 1.20 bits per heavy atom.